The van der Waals surface area contributed by atoms with Crippen LogP contribution in [0.3, 0.4) is 0 Å². The Morgan fingerprint density at radius 2 is 2.06 bits per heavy atom. The van der Waals surface area contributed by atoms with Crippen molar-refractivity contribution in [1.82, 2.24) is 10.2 Å². The molecule has 1 rings (SSSR count). The highest BCUT2D eigenvalue weighted by Crippen LogP contribution is 2.33. The minimum atomic E-state index is 0.473. The first kappa shape index (κ1) is 14.9. The molecule has 1 unspecified atom stereocenters. The highest BCUT2D eigenvalue weighted by molar-refractivity contribution is 4.83. The summed E-state index contributed by atoms with van der Waals surface area (Å²) < 4.78 is 5.02. The van der Waals surface area contributed by atoms with Crippen molar-refractivity contribution >= 4 is 0 Å². The van der Waals surface area contributed by atoms with Crippen LogP contribution in [0.5, 0.6) is 0 Å². The lowest BCUT2D eigenvalue weighted by Gasteiger charge is -2.27. The summed E-state index contributed by atoms with van der Waals surface area (Å²) in [6.07, 6.45) is 2.48. The lowest BCUT2D eigenvalue weighted by Crippen LogP contribution is -2.32. The summed E-state index contributed by atoms with van der Waals surface area (Å²) in [4.78, 5) is 2.60. The van der Waals surface area contributed by atoms with Crippen molar-refractivity contribution < 1.29 is 4.74 Å². The molecule has 102 valence electrons. The predicted octanol–water partition coefficient (Wildman–Crippen LogP) is 1.98. The Labute approximate surface area is 107 Å². The molecule has 0 bridgehead atoms. The average Bonchev–Trinajstić information content (AvgIpc) is 2.71. The molecule has 1 aliphatic rings. The number of nitrogens with one attached hydrogen (secondary N) is 1. The van der Waals surface area contributed by atoms with E-state index in [2.05, 4.69) is 31.0 Å². The van der Waals surface area contributed by atoms with Crippen LogP contribution in [-0.4, -0.2) is 51.3 Å². The molecule has 1 N–H and O–H groups in total. The van der Waals surface area contributed by atoms with Gasteiger partial charge in [0.2, 0.25) is 0 Å². The molecule has 1 aliphatic heterocycles. The van der Waals surface area contributed by atoms with Crippen LogP contribution in [0.2, 0.25) is 0 Å². The molecule has 0 aliphatic carbocycles. The number of likely N-dealkylation sites (tertiary alicyclic amines) is 1. The molecule has 17 heavy (non-hydrogen) atoms. The van der Waals surface area contributed by atoms with Gasteiger partial charge in [-0.15, -0.1) is 0 Å². The molecule has 0 aromatic heterocycles. The standard InChI is InChI=1S/C14H30N2O/c1-14(2,3)13-6-9-16(12-13)10-8-15-7-5-11-17-4/h13,15H,5-12H2,1-4H3. The highest BCUT2D eigenvalue weighted by Gasteiger charge is 2.31. The fourth-order valence-electron chi connectivity index (χ4n) is 2.45. The Bertz CT molecular complexity index is 201. The third kappa shape index (κ3) is 5.84. The molecule has 0 saturated carbocycles. The molecular weight excluding hydrogens is 212 g/mol. The molecule has 0 spiro atoms. The monoisotopic (exact) mass is 242 g/mol. The van der Waals surface area contributed by atoms with Crippen molar-refractivity contribution in [3.63, 3.8) is 0 Å². The highest BCUT2D eigenvalue weighted by atomic mass is 16.5. The molecule has 0 amide bonds. The van der Waals surface area contributed by atoms with Gasteiger partial charge in [-0.25, -0.2) is 0 Å². The van der Waals surface area contributed by atoms with Gasteiger partial charge in [-0.05, 0) is 37.3 Å². The Morgan fingerprint density at radius 3 is 2.65 bits per heavy atom. The lowest BCUT2D eigenvalue weighted by molar-refractivity contribution is 0.193. The molecule has 1 fully saturated rings. The number of nitrogens with zero attached hydrogens (tertiary/aromatic N) is 1. The molecular formula is C14H30N2O. The molecule has 0 aromatic rings. The van der Waals surface area contributed by atoms with E-state index in [-0.39, 0.29) is 0 Å². The van der Waals surface area contributed by atoms with Gasteiger partial charge in [-0.3, -0.25) is 0 Å². The summed E-state index contributed by atoms with van der Waals surface area (Å²) in [5.41, 5.74) is 0.473. The first-order valence-corrected chi connectivity index (χ1v) is 6.96. The van der Waals surface area contributed by atoms with Gasteiger partial charge in [0.15, 0.2) is 0 Å². The Kier molecular flexibility index (Phi) is 6.45. The summed E-state index contributed by atoms with van der Waals surface area (Å²) >= 11 is 0. The van der Waals surface area contributed by atoms with Crippen LogP contribution in [0.25, 0.3) is 0 Å². The van der Waals surface area contributed by atoms with Crippen molar-refractivity contribution in [2.75, 3.05) is 46.4 Å². The zero-order valence-electron chi connectivity index (χ0n) is 12.1. The van der Waals surface area contributed by atoms with Crippen LogP contribution in [0.15, 0.2) is 0 Å². The molecule has 0 aromatic carbocycles. The second-order valence-corrected chi connectivity index (χ2v) is 6.25. The summed E-state index contributed by atoms with van der Waals surface area (Å²) in [5, 5.41) is 3.48. The summed E-state index contributed by atoms with van der Waals surface area (Å²) in [6, 6.07) is 0. The third-order valence-corrected chi connectivity index (χ3v) is 3.80. The normalized spacial score (nSPS) is 22.2. The summed E-state index contributed by atoms with van der Waals surface area (Å²) in [5.74, 6) is 0.871. The molecule has 1 atom stereocenters. The molecule has 1 saturated heterocycles. The van der Waals surface area contributed by atoms with Gasteiger partial charge in [0.1, 0.15) is 0 Å². The van der Waals surface area contributed by atoms with Crippen molar-refractivity contribution in [1.29, 1.82) is 0 Å². The van der Waals surface area contributed by atoms with E-state index in [1.54, 1.807) is 7.11 Å². The van der Waals surface area contributed by atoms with Gasteiger partial charge >= 0.3 is 0 Å². The molecule has 3 nitrogen and oxygen atoms in total. The first-order chi connectivity index (χ1) is 8.04. The van der Waals surface area contributed by atoms with Crippen LogP contribution >= 0.6 is 0 Å². The largest absolute Gasteiger partial charge is 0.385 e. The Hall–Kier alpha value is -0.120. The van der Waals surface area contributed by atoms with Crippen LogP contribution in [0, 0.1) is 11.3 Å². The number of hydrogen-bond acceptors (Lipinski definition) is 3. The summed E-state index contributed by atoms with van der Waals surface area (Å²) in [6.45, 7) is 13.9. The van der Waals surface area contributed by atoms with E-state index in [9.17, 15) is 0 Å². The topological polar surface area (TPSA) is 24.5 Å². The third-order valence-electron chi connectivity index (χ3n) is 3.80. The molecule has 1 heterocycles. The van der Waals surface area contributed by atoms with Crippen LogP contribution < -0.4 is 5.32 Å². The van der Waals surface area contributed by atoms with Crippen molar-refractivity contribution in [2.24, 2.45) is 11.3 Å². The lowest BCUT2D eigenvalue weighted by atomic mass is 9.80. The zero-order chi connectivity index (χ0) is 12.7. The second kappa shape index (κ2) is 7.34. The van der Waals surface area contributed by atoms with Gasteiger partial charge in [0.25, 0.3) is 0 Å². The smallest absolute Gasteiger partial charge is 0.0474 e. The van der Waals surface area contributed by atoms with E-state index < -0.39 is 0 Å². The quantitative estimate of drug-likeness (QED) is 0.691. The van der Waals surface area contributed by atoms with E-state index in [1.165, 1.54) is 26.1 Å². The van der Waals surface area contributed by atoms with E-state index in [0.29, 0.717) is 5.41 Å². The average molecular weight is 242 g/mol. The van der Waals surface area contributed by atoms with Gasteiger partial charge in [-0.2, -0.15) is 0 Å². The van der Waals surface area contributed by atoms with Gasteiger partial charge < -0.3 is 15.0 Å². The molecule has 3 heteroatoms. The van der Waals surface area contributed by atoms with Crippen LogP contribution in [-0.2, 0) is 4.74 Å². The van der Waals surface area contributed by atoms with Crippen molar-refractivity contribution in [2.45, 2.75) is 33.6 Å². The number of hydrogen-bond donors (Lipinski definition) is 1. The fourth-order valence-corrected chi connectivity index (χ4v) is 2.45. The maximum atomic E-state index is 5.02. The fraction of sp³-hybridized carbons (Fsp3) is 1.00. The maximum absolute atomic E-state index is 5.02. The zero-order valence-corrected chi connectivity index (χ0v) is 12.1. The second-order valence-electron chi connectivity index (χ2n) is 6.25. The van der Waals surface area contributed by atoms with Crippen LogP contribution in [0.1, 0.15) is 33.6 Å². The minimum absolute atomic E-state index is 0.473. The predicted molar refractivity (Wildman–Crippen MR) is 73.4 cm³/mol. The van der Waals surface area contributed by atoms with Crippen LogP contribution in [0.4, 0.5) is 0 Å². The van der Waals surface area contributed by atoms with E-state index in [0.717, 1.165) is 32.0 Å². The van der Waals surface area contributed by atoms with Gasteiger partial charge in [-0.1, -0.05) is 20.8 Å². The van der Waals surface area contributed by atoms with E-state index in [1.807, 2.05) is 0 Å². The number of methoxy groups -OCH3 is 1. The van der Waals surface area contributed by atoms with Gasteiger partial charge in [0.05, 0.1) is 0 Å². The van der Waals surface area contributed by atoms with Crippen molar-refractivity contribution in [3.8, 4) is 0 Å². The Morgan fingerprint density at radius 1 is 1.29 bits per heavy atom. The minimum Gasteiger partial charge on any atom is -0.385 e. The molecule has 0 radical (unpaired) electrons. The van der Waals surface area contributed by atoms with Crippen molar-refractivity contribution in [3.05, 3.63) is 0 Å². The summed E-state index contributed by atoms with van der Waals surface area (Å²) in [7, 11) is 1.76. The Balaban J connectivity index is 2.02. The van der Waals surface area contributed by atoms with Gasteiger partial charge in [0, 0.05) is 33.4 Å². The maximum Gasteiger partial charge on any atom is 0.0474 e. The number of ether oxygens (including phenoxy) is 1. The van der Waals surface area contributed by atoms with E-state index in [4.69, 9.17) is 4.74 Å². The van der Waals surface area contributed by atoms with E-state index >= 15 is 0 Å². The first-order valence-electron chi connectivity index (χ1n) is 6.96. The number of rotatable bonds is 7. The SMILES string of the molecule is COCCCNCCN1CCC(C(C)(C)C)C1.